The summed E-state index contributed by atoms with van der Waals surface area (Å²) in [6, 6.07) is 1.08. The minimum Gasteiger partial charge on any atom is -0.377 e. The molecule has 1 saturated heterocycles. The molecule has 4 fully saturated rings. The van der Waals surface area contributed by atoms with Crippen LogP contribution < -0.4 is 10.6 Å². The molecule has 1 spiro atoms. The number of hydrogen-bond donors (Lipinski definition) is 2. The van der Waals surface area contributed by atoms with Crippen molar-refractivity contribution in [1.82, 2.24) is 25.4 Å². The van der Waals surface area contributed by atoms with E-state index >= 15 is 0 Å². The largest absolute Gasteiger partial charge is 0.377 e. The fourth-order valence-electron chi connectivity index (χ4n) is 5.34. The van der Waals surface area contributed by atoms with E-state index < -0.39 is 0 Å². The molecule has 3 unspecified atom stereocenters. The fraction of sp³-hybridized carbons (Fsp3) is 0.842. The van der Waals surface area contributed by atoms with Gasteiger partial charge in [-0.2, -0.15) is 0 Å². The highest BCUT2D eigenvalue weighted by Gasteiger charge is 2.65. The van der Waals surface area contributed by atoms with Gasteiger partial charge in [-0.25, -0.2) is 4.99 Å². The minimum atomic E-state index is 0.342. The van der Waals surface area contributed by atoms with Crippen LogP contribution in [0.15, 0.2) is 4.99 Å². The number of ether oxygens (including phenoxy) is 1. The molecule has 142 valence electrons. The molecule has 0 amide bonds. The molecule has 3 atom stereocenters. The number of nitrogens with one attached hydrogen (secondary N) is 2. The van der Waals surface area contributed by atoms with E-state index in [9.17, 15) is 0 Å². The molecule has 3 saturated carbocycles. The summed E-state index contributed by atoms with van der Waals surface area (Å²) < 4.78 is 8.14. The molecule has 0 radical (unpaired) electrons. The Bertz CT molecular complexity index is 703. The van der Waals surface area contributed by atoms with E-state index in [4.69, 9.17) is 9.73 Å². The predicted octanol–water partition coefficient (Wildman–Crippen LogP) is 1.67. The van der Waals surface area contributed by atoms with Crippen molar-refractivity contribution in [2.24, 2.45) is 23.4 Å². The number of rotatable bonds is 4. The third kappa shape index (κ3) is 2.63. The normalized spacial score (nSPS) is 32.5. The van der Waals surface area contributed by atoms with Crippen molar-refractivity contribution in [1.29, 1.82) is 0 Å². The molecule has 2 N–H and O–H groups in total. The SMILES string of the molecule is Cc1nnc(CN=C(NC2CC2)NC2C3CCOC3C23CCCC3)n1C. The molecule has 7 heteroatoms. The Morgan fingerprint density at radius 3 is 2.73 bits per heavy atom. The molecule has 1 aromatic heterocycles. The van der Waals surface area contributed by atoms with Crippen LogP contribution in [0.25, 0.3) is 0 Å². The molecular weight excluding hydrogens is 328 g/mol. The second-order valence-corrected chi connectivity index (χ2v) is 8.61. The molecule has 4 aliphatic rings. The molecular formula is C19H30N6O. The summed E-state index contributed by atoms with van der Waals surface area (Å²) in [6.45, 7) is 3.46. The van der Waals surface area contributed by atoms with E-state index in [1.807, 2.05) is 18.5 Å². The fourth-order valence-corrected chi connectivity index (χ4v) is 5.34. The van der Waals surface area contributed by atoms with Crippen molar-refractivity contribution >= 4 is 5.96 Å². The zero-order chi connectivity index (χ0) is 17.7. The standard InChI is InChI=1S/C19H30N6O/c1-12-23-24-15(25(12)2)11-20-18(21-13-5-6-13)22-16-14-7-10-26-17(14)19(16)8-3-4-9-19/h13-14,16-17H,3-11H2,1-2H3,(H2,20,21,22). The van der Waals surface area contributed by atoms with Gasteiger partial charge in [0.05, 0.1) is 6.10 Å². The Balaban J connectivity index is 1.34. The average Bonchev–Trinajstić information content (AvgIpc) is 3.03. The Kier molecular flexibility index (Phi) is 3.95. The molecule has 2 heterocycles. The van der Waals surface area contributed by atoms with Crippen LogP contribution in [-0.4, -0.2) is 45.5 Å². The van der Waals surface area contributed by atoms with Crippen LogP contribution in [0.4, 0.5) is 0 Å². The lowest BCUT2D eigenvalue weighted by atomic mass is 9.54. The molecule has 7 nitrogen and oxygen atoms in total. The zero-order valence-electron chi connectivity index (χ0n) is 15.9. The van der Waals surface area contributed by atoms with Gasteiger partial charge in [0.2, 0.25) is 0 Å². The van der Waals surface area contributed by atoms with Gasteiger partial charge in [0.15, 0.2) is 11.8 Å². The van der Waals surface area contributed by atoms with Gasteiger partial charge in [-0.3, -0.25) is 0 Å². The third-order valence-electron chi connectivity index (χ3n) is 7.06. The number of hydrogen-bond acceptors (Lipinski definition) is 4. The van der Waals surface area contributed by atoms with E-state index in [2.05, 4.69) is 20.8 Å². The number of aryl methyl sites for hydroxylation is 1. The maximum Gasteiger partial charge on any atom is 0.192 e. The van der Waals surface area contributed by atoms with Gasteiger partial charge >= 0.3 is 0 Å². The lowest BCUT2D eigenvalue weighted by Crippen LogP contribution is -2.69. The minimum absolute atomic E-state index is 0.342. The monoisotopic (exact) mass is 358 g/mol. The van der Waals surface area contributed by atoms with Gasteiger partial charge in [0, 0.05) is 37.1 Å². The van der Waals surface area contributed by atoms with Crippen LogP contribution in [0.2, 0.25) is 0 Å². The highest BCUT2D eigenvalue weighted by atomic mass is 16.5. The summed E-state index contributed by atoms with van der Waals surface area (Å²) in [5, 5.41) is 15.8. The first-order valence-corrected chi connectivity index (χ1v) is 10.2. The molecule has 1 aromatic rings. The van der Waals surface area contributed by atoms with E-state index in [-0.39, 0.29) is 0 Å². The van der Waals surface area contributed by atoms with Crippen molar-refractivity contribution in [3.63, 3.8) is 0 Å². The molecule has 26 heavy (non-hydrogen) atoms. The topological polar surface area (TPSA) is 76.4 Å². The third-order valence-corrected chi connectivity index (χ3v) is 7.06. The number of aromatic nitrogens is 3. The van der Waals surface area contributed by atoms with E-state index in [0.29, 0.717) is 36.1 Å². The number of aliphatic imine (C=N–C) groups is 1. The van der Waals surface area contributed by atoms with Gasteiger partial charge in [-0.05, 0) is 39.0 Å². The molecule has 0 aromatic carbocycles. The highest BCUT2D eigenvalue weighted by Crippen LogP contribution is 2.60. The Morgan fingerprint density at radius 1 is 1.23 bits per heavy atom. The first kappa shape index (κ1) is 16.5. The number of nitrogens with zero attached hydrogens (tertiary/aromatic N) is 4. The van der Waals surface area contributed by atoms with Crippen LogP contribution >= 0.6 is 0 Å². The van der Waals surface area contributed by atoms with Crippen molar-refractivity contribution in [2.45, 2.75) is 76.6 Å². The highest BCUT2D eigenvalue weighted by molar-refractivity contribution is 5.81. The van der Waals surface area contributed by atoms with Crippen molar-refractivity contribution in [3.05, 3.63) is 11.6 Å². The molecule has 5 rings (SSSR count). The number of guanidine groups is 1. The van der Waals surface area contributed by atoms with Crippen LogP contribution in [-0.2, 0) is 18.3 Å². The summed E-state index contributed by atoms with van der Waals surface area (Å²) in [7, 11) is 2.00. The van der Waals surface area contributed by atoms with Crippen LogP contribution in [0.1, 0.15) is 56.6 Å². The first-order valence-electron chi connectivity index (χ1n) is 10.2. The average molecular weight is 358 g/mol. The Labute approximate surface area is 155 Å². The summed E-state index contributed by atoms with van der Waals surface area (Å²) in [5.41, 5.74) is 0.342. The second kappa shape index (κ2) is 6.22. The van der Waals surface area contributed by atoms with Gasteiger partial charge in [0.25, 0.3) is 0 Å². The lowest BCUT2D eigenvalue weighted by Gasteiger charge is -2.57. The van der Waals surface area contributed by atoms with Crippen LogP contribution in [0, 0.1) is 18.3 Å². The summed E-state index contributed by atoms with van der Waals surface area (Å²) in [6.07, 6.45) is 9.42. The van der Waals surface area contributed by atoms with E-state index in [1.165, 1.54) is 44.9 Å². The quantitative estimate of drug-likeness (QED) is 0.632. The van der Waals surface area contributed by atoms with Gasteiger partial charge < -0.3 is 19.9 Å². The van der Waals surface area contributed by atoms with Gasteiger partial charge in [-0.15, -0.1) is 10.2 Å². The lowest BCUT2D eigenvalue weighted by molar-refractivity contribution is -0.125. The van der Waals surface area contributed by atoms with Crippen molar-refractivity contribution in [3.8, 4) is 0 Å². The van der Waals surface area contributed by atoms with E-state index in [1.54, 1.807) is 0 Å². The summed E-state index contributed by atoms with van der Waals surface area (Å²) in [4.78, 5) is 4.87. The molecule has 1 aliphatic heterocycles. The maximum absolute atomic E-state index is 6.12. The van der Waals surface area contributed by atoms with E-state index in [0.717, 1.165) is 24.2 Å². The maximum atomic E-state index is 6.12. The zero-order valence-corrected chi connectivity index (χ0v) is 15.9. The molecule has 3 aliphatic carbocycles. The predicted molar refractivity (Wildman–Crippen MR) is 98.7 cm³/mol. The smallest absolute Gasteiger partial charge is 0.192 e. The van der Waals surface area contributed by atoms with Crippen LogP contribution in [0.5, 0.6) is 0 Å². The Morgan fingerprint density at radius 2 is 2.04 bits per heavy atom. The van der Waals surface area contributed by atoms with Gasteiger partial charge in [0.1, 0.15) is 12.4 Å². The van der Waals surface area contributed by atoms with Crippen LogP contribution in [0.3, 0.4) is 0 Å². The van der Waals surface area contributed by atoms with Gasteiger partial charge in [-0.1, -0.05) is 12.8 Å². The number of fused-ring (bicyclic) bond motifs is 2. The van der Waals surface area contributed by atoms with Crippen molar-refractivity contribution < 1.29 is 4.74 Å². The molecule has 0 bridgehead atoms. The van der Waals surface area contributed by atoms with Crippen molar-refractivity contribution in [2.75, 3.05) is 6.61 Å². The Hall–Kier alpha value is -1.63. The first-order chi connectivity index (χ1) is 12.7. The second-order valence-electron chi connectivity index (χ2n) is 8.61. The summed E-state index contributed by atoms with van der Waals surface area (Å²) >= 11 is 0. The summed E-state index contributed by atoms with van der Waals surface area (Å²) in [5.74, 6) is 3.44.